The lowest BCUT2D eigenvalue weighted by Gasteiger charge is -1.96. The van der Waals surface area contributed by atoms with E-state index in [4.69, 9.17) is 11.6 Å². The van der Waals surface area contributed by atoms with Crippen molar-refractivity contribution < 1.29 is 4.39 Å². The minimum Gasteiger partial charge on any atom is -0.207 e. The van der Waals surface area contributed by atoms with Crippen LogP contribution in [0.2, 0.25) is 5.02 Å². The summed E-state index contributed by atoms with van der Waals surface area (Å²) < 4.78 is 12.6. The van der Waals surface area contributed by atoms with Crippen LogP contribution in [0.3, 0.4) is 0 Å². The zero-order chi connectivity index (χ0) is 19.7. The van der Waals surface area contributed by atoms with E-state index < -0.39 is 0 Å². The second-order valence-electron chi connectivity index (χ2n) is 6.66. The number of benzene rings is 3. The Morgan fingerprint density at radius 2 is 0.923 bits per heavy atom. The fourth-order valence-corrected chi connectivity index (χ4v) is 2.27. The van der Waals surface area contributed by atoms with E-state index >= 15 is 0 Å². The summed E-state index contributed by atoms with van der Waals surface area (Å²) >= 11 is 5.81. The molecule has 0 aromatic heterocycles. The number of halogens is 2. The van der Waals surface area contributed by atoms with Crippen LogP contribution in [-0.4, -0.2) is 0 Å². The molecule has 0 radical (unpaired) electrons. The molecule has 3 aromatic carbocycles. The largest absolute Gasteiger partial charge is 0.207 e. The van der Waals surface area contributed by atoms with Gasteiger partial charge in [-0.2, -0.15) is 0 Å². The molecule has 0 saturated carbocycles. The van der Waals surface area contributed by atoms with Crippen molar-refractivity contribution in [2.45, 2.75) is 41.5 Å². The van der Waals surface area contributed by atoms with E-state index in [1.165, 1.54) is 22.8 Å². The van der Waals surface area contributed by atoms with Crippen molar-refractivity contribution in [1.82, 2.24) is 0 Å². The van der Waals surface area contributed by atoms with E-state index in [0.717, 1.165) is 16.1 Å². The Bertz CT molecular complexity index is 750. The summed E-state index contributed by atoms with van der Waals surface area (Å²) in [6, 6.07) is 19.8. The molecule has 0 spiro atoms. The van der Waals surface area contributed by atoms with Crippen LogP contribution >= 0.6 is 11.6 Å². The highest BCUT2D eigenvalue weighted by molar-refractivity contribution is 6.31. The third kappa shape index (κ3) is 8.31. The first-order valence-electron chi connectivity index (χ1n) is 8.68. The minimum absolute atomic E-state index is 0.116. The third-order valence-electron chi connectivity index (χ3n) is 3.87. The van der Waals surface area contributed by atoms with E-state index in [-0.39, 0.29) is 5.82 Å². The van der Waals surface area contributed by atoms with Gasteiger partial charge in [0, 0.05) is 5.02 Å². The van der Waals surface area contributed by atoms with Gasteiger partial charge in [0.1, 0.15) is 5.82 Å². The maximum absolute atomic E-state index is 12.6. The molecule has 0 nitrogen and oxygen atoms in total. The summed E-state index contributed by atoms with van der Waals surface area (Å²) in [5.74, 6) is -0.116. The van der Waals surface area contributed by atoms with Crippen LogP contribution in [0, 0.1) is 47.4 Å². The van der Waals surface area contributed by atoms with Gasteiger partial charge < -0.3 is 0 Å². The van der Waals surface area contributed by atoms with Crippen molar-refractivity contribution in [3.05, 3.63) is 105 Å². The maximum atomic E-state index is 12.6. The first-order chi connectivity index (χ1) is 12.2. The first kappa shape index (κ1) is 21.9. The molecule has 26 heavy (non-hydrogen) atoms. The Hall–Kier alpha value is -2.12. The Kier molecular flexibility index (Phi) is 9.09. The van der Waals surface area contributed by atoms with E-state index in [2.05, 4.69) is 44.2 Å². The van der Waals surface area contributed by atoms with Crippen LogP contribution in [0.4, 0.5) is 4.39 Å². The van der Waals surface area contributed by atoms with Crippen molar-refractivity contribution in [1.29, 1.82) is 0 Å². The molecule has 0 N–H and O–H groups in total. The molecule has 3 aromatic rings. The van der Waals surface area contributed by atoms with Gasteiger partial charge in [-0.05, 0) is 75.9 Å². The van der Waals surface area contributed by atoms with Crippen molar-refractivity contribution in [2.75, 3.05) is 0 Å². The van der Waals surface area contributed by atoms with Crippen LogP contribution in [0.25, 0.3) is 0 Å². The molecule has 0 unspecified atom stereocenters. The molecule has 0 bridgehead atoms. The van der Waals surface area contributed by atoms with Gasteiger partial charge in [-0.25, -0.2) is 4.39 Å². The molecule has 3 rings (SSSR count). The van der Waals surface area contributed by atoms with Crippen LogP contribution in [0.15, 0.2) is 60.7 Å². The second-order valence-corrected chi connectivity index (χ2v) is 7.07. The lowest BCUT2D eigenvalue weighted by atomic mass is 10.2. The highest BCUT2D eigenvalue weighted by atomic mass is 35.5. The number of aryl methyl sites for hydroxylation is 6. The zero-order valence-electron chi connectivity index (χ0n) is 16.5. The fraction of sp³-hybridized carbons (Fsp3) is 0.250. The monoisotopic (exact) mass is 370 g/mol. The van der Waals surface area contributed by atoms with Crippen molar-refractivity contribution in [3.63, 3.8) is 0 Å². The van der Waals surface area contributed by atoms with Gasteiger partial charge in [-0.3, -0.25) is 0 Å². The molecule has 0 heterocycles. The smallest absolute Gasteiger partial charge is 0.126 e. The Labute approximate surface area is 162 Å². The quantitative estimate of drug-likeness (QED) is 0.380. The van der Waals surface area contributed by atoms with Crippen molar-refractivity contribution in [2.24, 2.45) is 0 Å². The van der Waals surface area contributed by atoms with E-state index in [1.807, 2.05) is 39.0 Å². The standard InChI is InChI=1S/C8H9Cl.C8H9F.C8H10/c2*1-6-3-4-7(2)8(9)5-6;1-7-3-5-8(2)6-4-7/h2*3-5H,1-2H3;3-6H,1-2H3. The lowest BCUT2D eigenvalue weighted by molar-refractivity contribution is 0.617. The van der Waals surface area contributed by atoms with Crippen LogP contribution in [0.1, 0.15) is 33.4 Å². The molecule has 0 aliphatic carbocycles. The zero-order valence-corrected chi connectivity index (χ0v) is 17.3. The number of hydrogen-bond donors (Lipinski definition) is 0. The molecule has 138 valence electrons. The minimum atomic E-state index is -0.116. The Balaban J connectivity index is 0.000000195. The van der Waals surface area contributed by atoms with Crippen LogP contribution < -0.4 is 0 Å². The second kappa shape index (κ2) is 10.8. The van der Waals surface area contributed by atoms with Gasteiger partial charge in [0.25, 0.3) is 0 Å². The van der Waals surface area contributed by atoms with Gasteiger partial charge in [-0.1, -0.05) is 71.3 Å². The molecular weight excluding hydrogens is 343 g/mol. The van der Waals surface area contributed by atoms with E-state index in [1.54, 1.807) is 13.0 Å². The molecule has 0 atom stereocenters. The van der Waals surface area contributed by atoms with E-state index in [9.17, 15) is 4.39 Å². The number of hydrogen-bond acceptors (Lipinski definition) is 0. The normalized spacial score (nSPS) is 9.54. The number of rotatable bonds is 0. The SMILES string of the molecule is Cc1ccc(C)c(Cl)c1.Cc1ccc(C)c(F)c1.Cc1ccc(C)cc1. The van der Waals surface area contributed by atoms with Crippen LogP contribution in [0.5, 0.6) is 0 Å². The molecule has 0 saturated heterocycles. The average molecular weight is 371 g/mol. The summed E-state index contributed by atoms with van der Waals surface area (Å²) in [6.07, 6.45) is 0. The molecule has 0 fully saturated rings. The summed E-state index contributed by atoms with van der Waals surface area (Å²) in [5.41, 5.74) is 6.69. The van der Waals surface area contributed by atoms with Gasteiger partial charge in [0.2, 0.25) is 0 Å². The molecular formula is C24H28ClF. The maximum Gasteiger partial charge on any atom is 0.126 e. The topological polar surface area (TPSA) is 0 Å². The lowest BCUT2D eigenvalue weighted by Crippen LogP contribution is -1.81. The molecule has 0 amide bonds. The van der Waals surface area contributed by atoms with Gasteiger partial charge in [0.05, 0.1) is 0 Å². The summed E-state index contributed by atoms with van der Waals surface area (Å²) in [4.78, 5) is 0. The molecule has 0 aliphatic rings. The van der Waals surface area contributed by atoms with Gasteiger partial charge >= 0.3 is 0 Å². The summed E-state index contributed by atoms with van der Waals surface area (Å²) in [5, 5.41) is 0.856. The van der Waals surface area contributed by atoms with Gasteiger partial charge in [-0.15, -0.1) is 0 Å². The molecule has 2 heteroatoms. The Morgan fingerprint density at radius 3 is 1.27 bits per heavy atom. The molecule has 0 aliphatic heterocycles. The van der Waals surface area contributed by atoms with Crippen molar-refractivity contribution in [3.8, 4) is 0 Å². The van der Waals surface area contributed by atoms with Gasteiger partial charge in [0.15, 0.2) is 0 Å². The fourth-order valence-electron chi connectivity index (χ4n) is 2.03. The predicted octanol–water partition coefficient (Wildman–Crippen LogP) is 7.70. The Morgan fingerprint density at radius 1 is 0.538 bits per heavy atom. The predicted molar refractivity (Wildman–Crippen MR) is 113 cm³/mol. The highest BCUT2D eigenvalue weighted by Gasteiger charge is 1.93. The third-order valence-corrected chi connectivity index (χ3v) is 4.28. The van der Waals surface area contributed by atoms with Crippen molar-refractivity contribution >= 4 is 11.6 Å². The average Bonchev–Trinajstić information content (AvgIpc) is 2.59. The highest BCUT2D eigenvalue weighted by Crippen LogP contribution is 2.15. The van der Waals surface area contributed by atoms with Crippen LogP contribution in [-0.2, 0) is 0 Å². The summed E-state index contributed by atoms with van der Waals surface area (Å²) in [6.45, 7) is 11.9. The van der Waals surface area contributed by atoms with E-state index in [0.29, 0.717) is 5.56 Å². The summed E-state index contributed by atoms with van der Waals surface area (Å²) in [7, 11) is 0. The first-order valence-corrected chi connectivity index (χ1v) is 9.05.